The van der Waals surface area contributed by atoms with E-state index >= 15 is 4.39 Å². The minimum atomic E-state index is -4.24. The number of hydrogen-bond donors (Lipinski definition) is 2. The van der Waals surface area contributed by atoms with Crippen LogP contribution in [0.1, 0.15) is 51.6 Å². The van der Waals surface area contributed by atoms with Gasteiger partial charge in [0.15, 0.2) is 5.69 Å². The minimum absolute atomic E-state index is 0.101. The van der Waals surface area contributed by atoms with Gasteiger partial charge in [-0.15, -0.1) is 11.3 Å². The Kier molecular flexibility index (Phi) is 7.00. The standard InChI is InChI=1S/C30H24F2N4O4S2/c1-16-2-5-18(6-3-16)21-14-20(9-10-23(21)31)27-22(12-17-4-11-26(24(32)13-17)42(33,39)40)28(19-7-8-19)36(35-27)30-34-25(15-41-30)29(37)38/h2-6,9-11,13-15,19H,7-8,12H2,1H3,(H,37,38)(H2,33,39,40). The third-order valence-corrected chi connectivity index (χ3v) is 8.93. The van der Waals surface area contributed by atoms with Crippen LogP contribution in [-0.4, -0.2) is 34.3 Å². The molecule has 8 nitrogen and oxygen atoms in total. The second-order valence-corrected chi connectivity index (χ2v) is 12.6. The predicted molar refractivity (Wildman–Crippen MR) is 154 cm³/mol. The van der Waals surface area contributed by atoms with Gasteiger partial charge >= 0.3 is 5.97 Å². The molecule has 0 spiro atoms. The number of benzene rings is 3. The summed E-state index contributed by atoms with van der Waals surface area (Å²) >= 11 is 1.13. The molecule has 1 saturated carbocycles. The highest BCUT2D eigenvalue weighted by molar-refractivity contribution is 7.89. The molecule has 1 aliphatic rings. The number of hydrogen-bond acceptors (Lipinski definition) is 6. The molecular weight excluding hydrogens is 582 g/mol. The van der Waals surface area contributed by atoms with E-state index in [1.807, 2.05) is 31.2 Å². The van der Waals surface area contributed by atoms with E-state index in [-0.39, 0.29) is 18.0 Å². The van der Waals surface area contributed by atoms with E-state index in [1.54, 1.807) is 16.8 Å². The van der Waals surface area contributed by atoms with E-state index in [0.717, 1.165) is 53.1 Å². The fourth-order valence-corrected chi connectivity index (χ4v) is 6.32. The molecule has 0 radical (unpaired) electrons. The normalized spacial score (nSPS) is 13.4. The Morgan fingerprint density at radius 1 is 1.05 bits per heavy atom. The molecule has 3 aromatic carbocycles. The molecule has 0 aliphatic heterocycles. The van der Waals surface area contributed by atoms with Crippen LogP contribution in [0.2, 0.25) is 0 Å². The minimum Gasteiger partial charge on any atom is -0.476 e. The quantitative estimate of drug-likeness (QED) is 0.221. The maximum atomic E-state index is 15.1. The summed E-state index contributed by atoms with van der Waals surface area (Å²) in [6, 6.07) is 15.9. The molecule has 2 aromatic heterocycles. The molecule has 1 fully saturated rings. The van der Waals surface area contributed by atoms with Gasteiger partial charge in [-0.1, -0.05) is 35.9 Å². The molecule has 0 unspecified atom stereocenters. The molecule has 3 N–H and O–H groups in total. The van der Waals surface area contributed by atoms with Crippen molar-refractivity contribution in [3.63, 3.8) is 0 Å². The number of sulfonamides is 1. The van der Waals surface area contributed by atoms with Gasteiger partial charge in [0.2, 0.25) is 15.2 Å². The fourth-order valence-electron chi connectivity index (χ4n) is 4.97. The predicted octanol–water partition coefficient (Wildman–Crippen LogP) is 6.06. The third kappa shape index (κ3) is 5.36. The summed E-state index contributed by atoms with van der Waals surface area (Å²) < 4.78 is 55.1. The molecule has 6 rings (SSSR count). The van der Waals surface area contributed by atoms with Gasteiger partial charge in [-0.25, -0.2) is 36.8 Å². The van der Waals surface area contributed by atoms with E-state index in [0.29, 0.717) is 33.1 Å². The number of halogens is 2. The lowest BCUT2D eigenvalue weighted by atomic mass is 9.95. The Morgan fingerprint density at radius 3 is 2.38 bits per heavy atom. The van der Waals surface area contributed by atoms with Gasteiger partial charge in [0, 0.05) is 34.4 Å². The second kappa shape index (κ2) is 10.5. The van der Waals surface area contributed by atoms with Crippen molar-refractivity contribution in [1.29, 1.82) is 0 Å². The van der Waals surface area contributed by atoms with Crippen LogP contribution in [0.4, 0.5) is 8.78 Å². The maximum Gasteiger partial charge on any atom is 0.355 e. The average Bonchev–Trinajstić information content (AvgIpc) is 3.52. The smallest absolute Gasteiger partial charge is 0.355 e. The zero-order chi connectivity index (χ0) is 29.8. The number of primary sulfonamides is 1. The van der Waals surface area contributed by atoms with Gasteiger partial charge in [0.1, 0.15) is 16.5 Å². The monoisotopic (exact) mass is 606 g/mol. The Morgan fingerprint density at radius 2 is 1.76 bits per heavy atom. The van der Waals surface area contributed by atoms with Crippen molar-refractivity contribution in [3.8, 4) is 27.5 Å². The molecule has 42 heavy (non-hydrogen) atoms. The average molecular weight is 607 g/mol. The molecule has 0 atom stereocenters. The Bertz CT molecular complexity index is 1960. The van der Waals surface area contributed by atoms with Crippen LogP contribution in [0.3, 0.4) is 0 Å². The summed E-state index contributed by atoms with van der Waals surface area (Å²) in [7, 11) is -4.24. The summed E-state index contributed by atoms with van der Waals surface area (Å²) in [6.45, 7) is 1.95. The molecular formula is C30H24F2N4O4S2. The molecule has 12 heteroatoms. The maximum absolute atomic E-state index is 15.1. The van der Waals surface area contributed by atoms with Crippen molar-refractivity contribution in [2.45, 2.75) is 37.0 Å². The van der Waals surface area contributed by atoms with Gasteiger partial charge in [0.25, 0.3) is 0 Å². The van der Waals surface area contributed by atoms with E-state index in [9.17, 15) is 22.7 Å². The van der Waals surface area contributed by atoms with Crippen LogP contribution in [0.15, 0.2) is 70.9 Å². The van der Waals surface area contributed by atoms with Crippen molar-refractivity contribution < 1.29 is 27.1 Å². The van der Waals surface area contributed by atoms with E-state index in [4.69, 9.17) is 10.2 Å². The van der Waals surface area contributed by atoms with Gasteiger partial charge < -0.3 is 5.11 Å². The van der Waals surface area contributed by atoms with Crippen molar-refractivity contribution in [1.82, 2.24) is 14.8 Å². The highest BCUT2D eigenvalue weighted by Crippen LogP contribution is 2.46. The number of carboxylic acids is 1. The Hall–Kier alpha value is -4.26. The number of aryl methyl sites for hydroxylation is 1. The number of carboxylic acid groups (broad SMARTS) is 1. The van der Waals surface area contributed by atoms with Crippen molar-refractivity contribution in [2.75, 3.05) is 0 Å². The number of nitrogens with zero attached hydrogens (tertiary/aromatic N) is 3. The molecule has 0 bridgehead atoms. The van der Waals surface area contributed by atoms with Crippen molar-refractivity contribution in [3.05, 3.63) is 106 Å². The van der Waals surface area contributed by atoms with E-state index in [1.165, 1.54) is 17.5 Å². The first-order valence-corrected chi connectivity index (χ1v) is 15.4. The van der Waals surface area contributed by atoms with Gasteiger partial charge in [0.05, 0.1) is 11.4 Å². The van der Waals surface area contributed by atoms with E-state index < -0.39 is 32.5 Å². The first-order chi connectivity index (χ1) is 20.0. The first-order valence-electron chi connectivity index (χ1n) is 13.0. The highest BCUT2D eigenvalue weighted by atomic mass is 32.2. The third-order valence-electron chi connectivity index (χ3n) is 7.17. The Labute approximate surface area is 244 Å². The van der Waals surface area contributed by atoms with Gasteiger partial charge in [-0.2, -0.15) is 5.10 Å². The molecule has 0 saturated heterocycles. The fraction of sp³-hybridized carbons (Fsp3) is 0.167. The lowest BCUT2D eigenvalue weighted by Gasteiger charge is -2.10. The zero-order valence-electron chi connectivity index (χ0n) is 22.2. The second-order valence-electron chi connectivity index (χ2n) is 10.3. The topological polar surface area (TPSA) is 128 Å². The molecule has 0 amide bonds. The van der Waals surface area contributed by atoms with Crippen molar-refractivity contribution in [2.24, 2.45) is 5.14 Å². The number of aromatic nitrogens is 3. The number of rotatable bonds is 8. The number of nitrogens with two attached hydrogens (primary N) is 1. The lowest BCUT2D eigenvalue weighted by molar-refractivity contribution is 0.0691. The molecule has 2 heterocycles. The number of thiazole rings is 1. The Balaban J connectivity index is 1.54. The van der Waals surface area contributed by atoms with E-state index in [2.05, 4.69) is 4.98 Å². The van der Waals surface area contributed by atoms with Gasteiger partial charge in [-0.05, 0) is 61.2 Å². The van der Waals surface area contributed by atoms with Crippen LogP contribution in [0.25, 0.3) is 27.5 Å². The summed E-state index contributed by atoms with van der Waals surface area (Å²) in [5.41, 5.74) is 5.13. The first kappa shape index (κ1) is 27.9. The van der Waals surface area contributed by atoms with Crippen LogP contribution >= 0.6 is 11.3 Å². The van der Waals surface area contributed by atoms with Gasteiger partial charge in [-0.3, -0.25) is 0 Å². The highest BCUT2D eigenvalue weighted by Gasteiger charge is 2.34. The summed E-state index contributed by atoms with van der Waals surface area (Å²) in [5, 5.41) is 21.3. The van der Waals surface area contributed by atoms with Crippen LogP contribution in [0, 0.1) is 18.6 Å². The van der Waals surface area contributed by atoms with Crippen LogP contribution in [0.5, 0.6) is 0 Å². The molecule has 214 valence electrons. The molecule has 5 aromatic rings. The SMILES string of the molecule is Cc1ccc(-c2cc(-c3nn(-c4nc(C(=O)O)cs4)c(C4CC4)c3Cc3ccc(S(N)(=O)=O)c(F)c3)ccc2F)cc1. The zero-order valence-corrected chi connectivity index (χ0v) is 23.8. The number of carbonyl (C=O) groups is 1. The summed E-state index contributed by atoms with van der Waals surface area (Å²) in [4.78, 5) is 15.2. The molecule has 1 aliphatic carbocycles. The van der Waals surface area contributed by atoms with Crippen LogP contribution < -0.4 is 5.14 Å². The largest absolute Gasteiger partial charge is 0.476 e. The summed E-state index contributed by atoms with van der Waals surface area (Å²) in [5.74, 6) is -2.43. The summed E-state index contributed by atoms with van der Waals surface area (Å²) in [6.07, 6.45) is 1.91. The number of aromatic carboxylic acids is 1. The lowest BCUT2D eigenvalue weighted by Crippen LogP contribution is -2.14. The van der Waals surface area contributed by atoms with Crippen LogP contribution in [-0.2, 0) is 16.4 Å². The van der Waals surface area contributed by atoms with Crippen molar-refractivity contribution >= 4 is 27.3 Å².